The molecule has 42 heavy (non-hydrogen) atoms. The molecule has 1 aliphatic carbocycles. The van der Waals surface area contributed by atoms with Crippen molar-refractivity contribution in [1.29, 1.82) is 0 Å². The molecule has 1 fully saturated rings. The molecule has 0 bridgehead atoms. The number of benzene rings is 2. The summed E-state index contributed by atoms with van der Waals surface area (Å²) in [6, 6.07) is 7.65. The molecule has 3 N–H and O–H groups in total. The summed E-state index contributed by atoms with van der Waals surface area (Å²) in [6.07, 6.45) is 11.7. The number of methoxy groups -OCH3 is 1. The van der Waals surface area contributed by atoms with Gasteiger partial charge in [0.15, 0.2) is 17.3 Å². The number of ether oxygens (including phenoxy) is 1. The van der Waals surface area contributed by atoms with Gasteiger partial charge in [-0.3, -0.25) is 4.79 Å². The molecule has 234 valence electrons. The van der Waals surface area contributed by atoms with Crippen LogP contribution in [0.25, 0.3) is 10.9 Å². The number of aliphatic hydroxyl groups is 1. The quantitative estimate of drug-likeness (QED) is 0.260. The molecule has 3 aromatic rings. The number of halogens is 2. The van der Waals surface area contributed by atoms with Crippen LogP contribution in [0.4, 0.5) is 15.9 Å². The van der Waals surface area contributed by atoms with E-state index in [0.29, 0.717) is 22.5 Å². The van der Waals surface area contributed by atoms with Crippen molar-refractivity contribution in [3.63, 3.8) is 0 Å². The number of rotatable bonds is 6. The molecular formula is C32H48ClFN4O4. The van der Waals surface area contributed by atoms with Crippen LogP contribution in [0.3, 0.4) is 0 Å². The predicted molar refractivity (Wildman–Crippen MR) is 170 cm³/mol. The normalized spacial score (nSPS) is 13.3. The molecule has 10 heteroatoms. The van der Waals surface area contributed by atoms with Crippen molar-refractivity contribution >= 4 is 39.9 Å². The van der Waals surface area contributed by atoms with Crippen LogP contribution in [0.15, 0.2) is 36.7 Å². The average molecular weight is 607 g/mol. The molecule has 0 aliphatic heterocycles. The number of aromatic hydroxyl groups is 1. The molecule has 1 amide bonds. The van der Waals surface area contributed by atoms with E-state index in [2.05, 4.69) is 29.1 Å². The van der Waals surface area contributed by atoms with Crippen molar-refractivity contribution in [2.75, 3.05) is 26.5 Å². The molecule has 0 spiro atoms. The van der Waals surface area contributed by atoms with Crippen molar-refractivity contribution < 1.29 is 24.1 Å². The third-order valence-electron chi connectivity index (χ3n) is 6.76. The summed E-state index contributed by atoms with van der Waals surface area (Å²) >= 11 is 5.76. The van der Waals surface area contributed by atoms with Crippen LogP contribution < -0.4 is 10.1 Å². The Morgan fingerprint density at radius 1 is 1.19 bits per heavy atom. The Labute approximate surface area is 255 Å². The summed E-state index contributed by atoms with van der Waals surface area (Å²) in [6.45, 7) is 7.97. The van der Waals surface area contributed by atoms with Gasteiger partial charge in [-0.05, 0) is 37.0 Å². The van der Waals surface area contributed by atoms with E-state index in [9.17, 15) is 14.3 Å². The first-order valence-electron chi connectivity index (χ1n) is 14.5. The summed E-state index contributed by atoms with van der Waals surface area (Å²) in [5, 5.41) is 22.1. The average Bonchev–Trinajstić information content (AvgIpc) is 2.97. The van der Waals surface area contributed by atoms with Gasteiger partial charge >= 0.3 is 0 Å². The number of nitrogens with zero attached hydrogens (tertiary/aromatic N) is 3. The minimum atomic E-state index is -0.575. The number of carbonyl (C=O) groups excluding carboxylic acids is 1. The first-order chi connectivity index (χ1) is 19.9. The largest absolute Gasteiger partial charge is 0.504 e. The molecule has 1 heterocycles. The van der Waals surface area contributed by atoms with E-state index in [4.69, 9.17) is 21.4 Å². The van der Waals surface area contributed by atoms with Gasteiger partial charge in [-0.1, -0.05) is 77.0 Å². The van der Waals surface area contributed by atoms with E-state index in [-0.39, 0.29) is 28.5 Å². The van der Waals surface area contributed by atoms with Crippen LogP contribution in [0.5, 0.6) is 11.5 Å². The molecule has 4 rings (SSSR count). The first kappa shape index (κ1) is 36.9. The number of nitrogens with one attached hydrogen (secondary N) is 1. The van der Waals surface area contributed by atoms with Crippen LogP contribution >= 0.6 is 11.6 Å². The standard InChI is InChI=1S/C15H11ClFN3O2.C7H14.C6H14O.C4H9NO/c1-22-13-6-11-8(5-12(13)21)15(19-7-18-11)20-10-4-2-3-9(16)14(10)17;1-7-5-3-2-4-6-7;1-3-5-6(7)4-2;1-4(6)5(2)3/h2-7,21H,1H3,(H,18,19,20);7H,2-6H2,1H3;6-7H,3-5H2,1-2H3;1-3H3/t;;6-;/m..0./s1. The van der Waals surface area contributed by atoms with Gasteiger partial charge in [0.05, 0.1) is 29.4 Å². The predicted octanol–water partition coefficient (Wildman–Crippen LogP) is 8.12. The summed E-state index contributed by atoms with van der Waals surface area (Å²) in [7, 11) is 4.90. The van der Waals surface area contributed by atoms with Gasteiger partial charge in [0.1, 0.15) is 12.1 Å². The lowest BCUT2D eigenvalue weighted by atomic mass is 9.91. The molecule has 1 atom stereocenters. The van der Waals surface area contributed by atoms with E-state index in [1.54, 1.807) is 32.3 Å². The summed E-state index contributed by atoms with van der Waals surface area (Å²) in [5.74, 6) is 1.15. The van der Waals surface area contributed by atoms with E-state index in [1.165, 1.54) is 69.5 Å². The maximum absolute atomic E-state index is 14.0. The topological polar surface area (TPSA) is 108 Å². The number of aliphatic hydroxyl groups excluding tert-OH is 1. The van der Waals surface area contributed by atoms with Gasteiger partial charge in [-0.2, -0.15) is 0 Å². The maximum atomic E-state index is 14.0. The van der Waals surface area contributed by atoms with Crippen molar-refractivity contribution in [1.82, 2.24) is 14.9 Å². The number of aromatic nitrogens is 2. The number of hydrogen-bond donors (Lipinski definition) is 3. The Balaban J connectivity index is 0.000000359. The molecule has 0 unspecified atom stereocenters. The highest BCUT2D eigenvalue weighted by molar-refractivity contribution is 6.31. The van der Waals surface area contributed by atoms with E-state index >= 15 is 0 Å². The van der Waals surface area contributed by atoms with Crippen LogP contribution in [-0.4, -0.2) is 58.3 Å². The molecule has 0 saturated heterocycles. The number of amides is 1. The van der Waals surface area contributed by atoms with E-state index in [0.717, 1.165) is 25.2 Å². The first-order valence-corrected chi connectivity index (χ1v) is 14.9. The number of fused-ring (bicyclic) bond motifs is 1. The summed E-state index contributed by atoms with van der Waals surface area (Å²) < 4.78 is 19.0. The highest BCUT2D eigenvalue weighted by Gasteiger charge is 2.12. The Bertz CT molecular complexity index is 1220. The molecular weight excluding hydrogens is 559 g/mol. The van der Waals surface area contributed by atoms with Crippen LogP contribution in [0, 0.1) is 11.7 Å². The molecule has 1 aliphatic rings. The van der Waals surface area contributed by atoms with Crippen LogP contribution in [-0.2, 0) is 4.79 Å². The Morgan fingerprint density at radius 3 is 2.31 bits per heavy atom. The van der Waals surface area contributed by atoms with Gasteiger partial charge in [0.25, 0.3) is 0 Å². The fourth-order valence-electron chi connectivity index (χ4n) is 3.91. The molecule has 1 aromatic heterocycles. The lowest BCUT2D eigenvalue weighted by Crippen LogP contribution is -2.17. The molecule has 2 aromatic carbocycles. The molecule has 0 radical (unpaired) electrons. The van der Waals surface area contributed by atoms with Crippen molar-refractivity contribution in [2.24, 2.45) is 5.92 Å². The lowest BCUT2D eigenvalue weighted by molar-refractivity contribution is -0.126. The van der Waals surface area contributed by atoms with E-state index < -0.39 is 5.82 Å². The van der Waals surface area contributed by atoms with Crippen molar-refractivity contribution in [3.05, 3.63) is 47.5 Å². The lowest BCUT2D eigenvalue weighted by Gasteiger charge is -2.15. The molecule has 8 nitrogen and oxygen atoms in total. The van der Waals surface area contributed by atoms with Crippen molar-refractivity contribution in [2.45, 2.75) is 85.2 Å². The highest BCUT2D eigenvalue weighted by atomic mass is 35.5. The number of hydrogen-bond acceptors (Lipinski definition) is 7. The Hall–Kier alpha value is -3.17. The zero-order chi connectivity index (χ0) is 31.7. The fourth-order valence-corrected chi connectivity index (χ4v) is 4.08. The van der Waals surface area contributed by atoms with Gasteiger partial charge < -0.3 is 25.2 Å². The second kappa shape index (κ2) is 19.9. The monoisotopic (exact) mass is 606 g/mol. The second-order valence-corrected chi connectivity index (χ2v) is 10.9. The zero-order valence-electron chi connectivity index (χ0n) is 26.1. The molecule has 1 saturated carbocycles. The SMILES string of the molecule is CC(=O)N(C)C.CC1CCCCC1.CCC[C@@H](O)CC.COc1cc2ncnc(Nc3cccc(Cl)c3F)c2cc1O. The summed E-state index contributed by atoms with van der Waals surface area (Å²) in [5.41, 5.74) is 0.734. The third kappa shape index (κ3) is 13.2. The Kier molecular flexibility index (Phi) is 17.4. The minimum Gasteiger partial charge on any atom is -0.504 e. The van der Waals surface area contributed by atoms with Crippen LogP contribution in [0.1, 0.15) is 79.1 Å². The third-order valence-corrected chi connectivity index (χ3v) is 7.05. The smallest absolute Gasteiger partial charge is 0.218 e. The maximum Gasteiger partial charge on any atom is 0.218 e. The number of phenols is 1. The minimum absolute atomic E-state index is 0.00729. The highest BCUT2D eigenvalue weighted by Crippen LogP contribution is 2.34. The van der Waals surface area contributed by atoms with Gasteiger partial charge in [0.2, 0.25) is 5.91 Å². The van der Waals surface area contributed by atoms with Gasteiger partial charge in [-0.25, -0.2) is 14.4 Å². The number of phenolic OH excluding ortho intramolecular Hbond substituents is 1. The number of anilines is 2. The fraction of sp³-hybridized carbons (Fsp3) is 0.531. The van der Waals surface area contributed by atoms with Crippen LogP contribution in [0.2, 0.25) is 5.02 Å². The van der Waals surface area contributed by atoms with Gasteiger partial charge in [0, 0.05) is 32.5 Å². The second-order valence-electron chi connectivity index (χ2n) is 10.5. The van der Waals surface area contributed by atoms with Crippen molar-refractivity contribution in [3.8, 4) is 11.5 Å². The number of carbonyl (C=O) groups is 1. The van der Waals surface area contributed by atoms with E-state index in [1.807, 2.05) is 6.92 Å². The van der Waals surface area contributed by atoms with Gasteiger partial charge in [-0.15, -0.1) is 0 Å². The Morgan fingerprint density at radius 2 is 1.83 bits per heavy atom. The summed E-state index contributed by atoms with van der Waals surface area (Å²) in [4.78, 5) is 19.8. The zero-order valence-corrected chi connectivity index (χ0v) is 26.8.